The Balaban J connectivity index is 2.50. The topological polar surface area (TPSA) is 58.6 Å². The van der Waals surface area contributed by atoms with Gasteiger partial charge in [-0.05, 0) is 24.1 Å². The molecule has 1 aromatic carbocycles. The largest absolute Gasteiger partial charge is 0.435 e. The minimum atomic E-state index is -2.86. The maximum absolute atomic E-state index is 11.9. The quantitative estimate of drug-likeness (QED) is 0.795. The Morgan fingerprint density at radius 1 is 1.37 bits per heavy atom. The highest BCUT2D eigenvalue weighted by Crippen LogP contribution is 2.15. The van der Waals surface area contributed by atoms with Crippen molar-refractivity contribution in [2.45, 2.75) is 32.4 Å². The van der Waals surface area contributed by atoms with Gasteiger partial charge in [-0.2, -0.15) is 8.78 Å². The van der Waals surface area contributed by atoms with Crippen LogP contribution in [0.4, 0.5) is 8.78 Å². The van der Waals surface area contributed by atoms with Gasteiger partial charge >= 0.3 is 6.61 Å². The van der Waals surface area contributed by atoms with Crippen LogP contribution in [0.25, 0.3) is 0 Å². The number of aliphatic hydroxyl groups is 1. The molecule has 1 aromatic rings. The first-order valence-electron chi connectivity index (χ1n) is 5.99. The van der Waals surface area contributed by atoms with E-state index in [9.17, 15) is 13.6 Å². The Kier molecular flexibility index (Phi) is 6.21. The number of hydrogen-bond donors (Lipinski definition) is 2. The Hall–Kier alpha value is -1.69. The van der Waals surface area contributed by atoms with E-state index in [1.807, 2.05) is 6.92 Å². The van der Waals surface area contributed by atoms with E-state index < -0.39 is 6.61 Å². The van der Waals surface area contributed by atoms with Gasteiger partial charge in [-0.25, -0.2) is 0 Å². The smallest absolute Gasteiger partial charge is 0.387 e. The summed E-state index contributed by atoms with van der Waals surface area (Å²) in [5.41, 5.74) is 0.687. The molecule has 0 aliphatic rings. The zero-order valence-corrected chi connectivity index (χ0v) is 10.6. The summed E-state index contributed by atoms with van der Waals surface area (Å²) in [5, 5.41) is 11.6. The Morgan fingerprint density at radius 3 is 2.47 bits per heavy atom. The van der Waals surface area contributed by atoms with Crippen LogP contribution >= 0.6 is 0 Å². The summed E-state index contributed by atoms with van der Waals surface area (Å²) in [6.07, 6.45) is 0.773. The SMILES string of the molecule is CCC(CO)NC(=O)Cc1ccc(OC(F)F)cc1. The van der Waals surface area contributed by atoms with Gasteiger partial charge in [0, 0.05) is 0 Å². The minimum absolute atomic E-state index is 0.0564. The molecule has 19 heavy (non-hydrogen) atoms. The number of nitrogens with one attached hydrogen (secondary N) is 1. The fourth-order valence-electron chi connectivity index (χ4n) is 1.53. The molecule has 0 saturated carbocycles. The Morgan fingerprint density at radius 2 is 2.00 bits per heavy atom. The zero-order chi connectivity index (χ0) is 14.3. The van der Waals surface area contributed by atoms with Crippen LogP contribution in [0.2, 0.25) is 0 Å². The third-order valence-corrected chi connectivity index (χ3v) is 2.59. The van der Waals surface area contributed by atoms with Crippen molar-refractivity contribution in [2.75, 3.05) is 6.61 Å². The average Bonchev–Trinajstić information content (AvgIpc) is 2.37. The average molecular weight is 273 g/mol. The van der Waals surface area contributed by atoms with Gasteiger partial charge in [-0.15, -0.1) is 0 Å². The molecule has 0 aliphatic heterocycles. The molecule has 0 spiro atoms. The van der Waals surface area contributed by atoms with Gasteiger partial charge in [0.1, 0.15) is 5.75 Å². The number of carbonyl (C=O) groups is 1. The lowest BCUT2D eigenvalue weighted by Crippen LogP contribution is -2.37. The highest BCUT2D eigenvalue weighted by atomic mass is 19.3. The number of halogens is 2. The number of amides is 1. The summed E-state index contributed by atoms with van der Waals surface area (Å²) < 4.78 is 28.1. The molecule has 1 rings (SSSR count). The van der Waals surface area contributed by atoms with Crippen LogP contribution in [0.1, 0.15) is 18.9 Å². The van der Waals surface area contributed by atoms with Crippen molar-refractivity contribution in [3.8, 4) is 5.75 Å². The van der Waals surface area contributed by atoms with E-state index in [-0.39, 0.29) is 30.7 Å². The molecule has 0 aromatic heterocycles. The standard InChI is InChI=1S/C13H17F2NO3/c1-2-10(8-17)16-12(18)7-9-3-5-11(6-4-9)19-13(14)15/h3-6,10,13,17H,2,7-8H2,1H3,(H,16,18). The van der Waals surface area contributed by atoms with Gasteiger partial charge in [0.15, 0.2) is 0 Å². The highest BCUT2D eigenvalue weighted by Gasteiger charge is 2.10. The second kappa shape index (κ2) is 7.68. The maximum atomic E-state index is 11.9. The molecule has 0 aliphatic carbocycles. The molecule has 2 N–H and O–H groups in total. The number of alkyl halides is 2. The molecule has 0 fully saturated rings. The van der Waals surface area contributed by atoms with E-state index in [1.165, 1.54) is 12.1 Å². The second-order valence-electron chi connectivity index (χ2n) is 4.05. The maximum Gasteiger partial charge on any atom is 0.387 e. The second-order valence-corrected chi connectivity index (χ2v) is 4.05. The van der Waals surface area contributed by atoms with Gasteiger partial charge in [0.2, 0.25) is 5.91 Å². The van der Waals surface area contributed by atoms with E-state index >= 15 is 0 Å². The van der Waals surface area contributed by atoms with Crippen molar-refractivity contribution in [1.82, 2.24) is 5.32 Å². The molecule has 4 nitrogen and oxygen atoms in total. The normalized spacial score (nSPS) is 12.3. The lowest BCUT2D eigenvalue weighted by molar-refractivity contribution is -0.121. The van der Waals surface area contributed by atoms with Crippen LogP contribution in [0.3, 0.4) is 0 Å². The summed E-state index contributed by atoms with van der Waals surface area (Å²) in [5.74, 6) is -0.163. The molecule has 1 amide bonds. The summed E-state index contributed by atoms with van der Waals surface area (Å²) in [6, 6.07) is 5.62. The van der Waals surface area contributed by atoms with Crippen molar-refractivity contribution in [3.05, 3.63) is 29.8 Å². The summed E-state index contributed by atoms with van der Waals surface area (Å²) in [4.78, 5) is 11.6. The van der Waals surface area contributed by atoms with Crippen LogP contribution in [-0.4, -0.2) is 30.3 Å². The molecule has 106 valence electrons. The van der Waals surface area contributed by atoms with Crippen molar-refractivity contribution in [3.63, 3.8) is 0 Å². The van der Waals surface area contributed by atoms with Crippen LogP contribution in [-0.2, 0) is 11.2 Å². The van der Waals surface area contributed by atoms with E-state index in [0.29, 0.717) is 12.0 Å². The van der Waals surface area contributed by atoms with E-state index in [0.717, 1.165) is 0 Å². The minimum Gasteiger partial charge on any atom is -0.435 e. The van der Waals surface area contributed by atoms with E-state index in [4.69, 9.17) is 5.11 Å². The summed E-state index contributed by atoms with van der Waals surface area (Å²) >= 11 is 0. The molecule has 0 radical (unpaired) electrons. The molecule has 6 heteroatoms. The third kappa shape index (κ3) is 5.65. The van der Waals surface area contributed by atoms with Gasteiger partial charge < -0.3 is 15.2 Å². The molecule has 0 heterocycles. The van der Waals surface area contributed by atoms with Crippen molar-refractivity contribution < 1.29 is 23.4 Å². The third-order valence-electron chi connectivity index (χ3n) is 2.59. The lowest BCUT2D eigenvalue weighted by atomic mass is 10.1. The molecule has 0 bridgehead atoms. The fraction of sp³-hybridized carbons (Fsp3) is 0.462. The van der Waals surface area contributed by atoms with Crippen molar-refractivity contribution in [1.29, 1.82) is 0 Å². The van der Waals surface area contributed by atoms with E-state index in [2.05, 4.69) is 10.1 Å². The lowest BCUT2D eigenvalue weighted by Gasteiger charge is -2.14. The van der Waals surface area contributed by atoms with Crippen molar-refractivity contribution >= 4 is 5.91 Å². The molecule has 1 atom stereocenters. The summed E-state index contributed by atoms with van der Waals surface area (Å²) in [7, 11) is 0. The number of hydrogen-bond acceptors (Lipinski definition) is 3. The van der Waals surface area contributed by atoms with Crippen LogP contribution < -0.4 is 10.1 Å². The Labute approximate surface area is 110 Å². The predicted octanol–water partition coefficient (Wildman–Crippen LogP) is 1.72. The van der Waals surface area contributed by atoms with E-state index in [1.54, 1.807) is 12.1 Å². The number of carbonyl (C=O) groups excluding carboxylic acids is 1. The number of aliphatic hydroxyl groups excluding tert-OH is 1. The summed E-state index contributed by atoms with van der Waals surface area (Å²) in [6.45, 7) is -1.11. The first-order valence-corrected chi connectivity index (χ1v) is 5.99. The number of ether oxygens (including phenoxy) is 1. The highest BCUT2D eigenvalue weighted by molar-refractivity contribution is 5.78. The predicted molar refractivity (Wildman–Crippen MR) is 66.1 cm³/mol. The van der Waals surface area contributed by atoms with Gasteiger partial charge in [0.25, 0.3) is 0 Å². The molecular formula is C13H17F2NO3. The first-order chi connectivity index (χ1) is 9.05. The zero-order valence-electron chi connectivity index (χ0n) is 10.6. The van der Waals surface area contributed by atoms with Gasteiger partial charge in [-0.3, -0.25) is 4.79 Å². The van der Waals surface area contributed by atoms with Crippen LogP contribution in [0.15, 0.2) is 24.3 Å². The fourth-order valence-corrected chi connectivity index (χ4v) is 1.53. The van der Waals surface area contributed by atoms with Crippen LogP contribution in [0.5, 0.6) is 5.75 Å². The van der Waals surface area contributed by atoms with Crippen LogP contribution in [0, 0.1) is 0 Å². The Bertz CT molecular complexity index is 391. The number of benzene rings is 1. The van der Waals surface area contributed by atoms with Gasteiger partial charge in [0.05, 0.1) is 19.1 Å². The van der Waals surface area contributed by atoms with Crippen molar-refractivity contribution in [2.24, 2.45) is 0 Å². The number of rotatable bonds is 7. The molecule has 0 saturated heterocycles. The monoisotopic (exact) mass is 273 g/mol. The molecular weight excluding hydrogens is 256 g/mol. The van der Waals surface area contributed by atoms with Gasteiger partial charge in [-0.1, -0.05) is 19.1 Å². The first kappa shape index (κ1) is 15.4. The molecule has 1 unspecified atom stereocenters.